The quantitative estimate of drug-likeness (QED) is 0.856. The average Bonchev–Trinajstić information content (AvgIpc) is 2.87. The van der Waals surface area contributed by atoms with E-state index in [0.717, 1.165) is 11.3 Å². The van der Waals surface area contributed by atoms with Crippen molar-refractivity contribution in [2.24, 2.45) is 0 Å². The third-order valence-corrected chi connectivity index (χ3v) is 2.70. The number of rotatable bonds is 5. The first-order valence-electron chi connectivity index (χ1n) is 5.86. The maximum Gasteiger partial charge on any atom is 0.188 e. The van der Waals surface area contributed by atoms with E-state index in [1.807, 2.05) is 26.1 Å². The topological polar surface area (TPSA) is 74.1 Å². The number of aromatic nitrogens is 4. The molecule has 1 N–H and O–H groups in total. The van der Waals surface area contributed by atoms with E-state index in [9.17, 15) is 0 Å². The van der Waals surface area contributed by atoms with Crippen LogP contribution in [0.3, 0.4) is 0 Å². The summed E-state index contributed by atoms with van der Waals surface area (Å²) in [6, 6.07) is 3.72. The van der Waals surface area contributed by atoms with Gasteiger partial charge in [0.1, 0.15) is 17.2 Å². The van der Waals surface area contributed by atoms with Gasteiger partial charge in [-0.2, -0.15) is 0 Å². The van der Waals surface area contributed by atoms with E-state index >= 15 is 0 Å². The Hall–Kier alpha value is -2.15. The predicted octanol–water partition coefficient (Wildman–Crippen LogP) is 0.707. The molecule has 0 saturated carbocycles. The number of nitrogens with zero attached hydrogens (tertiary/aromatic N) is 4. The van der Waals surface area contributed by atoms with Crippen LogP contribution >= 0.6 is 0 Å². The minimum absolute atomic E-state index is 0.561. The van der Waals surface area contributed by atoms with Crippen LogP contribution < -0.4 is 14.8 Å². The van der Waals surface area contributed by atoms with Gasteiger partial charge in [0.25, 0.3) is 0 Å². The van der Waals surface area contributed by atoms with Gasteiger partial charge >= 0.3 is 0 Å². The second kappa shape index (κ2) is 5.66. The Balaban J connectivity index is 2.46. The van der Waals surface area contributed by atoms with E-state index in [4.69, 9.17) is 9.47 Å². The summed E-state index contributed by atoms with van der Waals surface area (Å²) in [5.41, 5.74) is 1.68. The molecule has 0 bridgehead atoms. The van der Waals surface area contributed by atoms with E-state index in [2.05, 4.69) is 20.7 Å². The molecule has 0 aliphatic carbocycles. The molecule has 2 rings (SSSR count). The number of hydrogen-bond acceptors (Lipinski definition) is 6. The molecule has 7 nitrogen and oxygen atoms in total. The largest absolute Gasteiger partial charge is 0.496 e. The van der Waals surface area contributed by atoms with Crippen molar-refractivity contribution in [1.29, 1.82) is 0 Å². The lowest BCUT2D eigenvalue weighted by molar-refractivity contribution is 0.396. The zero-order valence-corrected chi connectivity index (χ0v) is 11.5. The highest BCUT2D eigenvalue weighted by Crippen LogP contribution is 2.30. The van der Waals surface area contributed by atoms with Gasteiger partial charge in [-0.25, -0.2) is 0 Å². The van der Waals surface area contributed by atoms with Crippen molar-refractivity contribution in [3.8, 4) is 17.2 Å². The molecule has 1 aromatic carbocycles. The van der Waals surface area contributed by atoms with Crippen LogP contribution in [0.25, 0.3) is 5.69 Å². The third-order valence-electron chi connectivity index (χ3n) is 2.70. The molecule has 0 atom stereocenters. The summed E-state index contributed by atoms with van der Waals surface area (Å²) in [4.78, 5) is 1.44. The molecule has 0 spiro atoms. The van der Waals surface area contributed by atoms with Crippen molar-refractivity contribution in [3.63, 3.8) is 0 Å². The van der Waals surface area contributed by atoms with Gasteiger partial charge in [0, 0.05) is 6.07 Å². The Morgan fingerprint density at radius 2 is 1.95 bits per heavy atom. The normalized spacial score (nSPS) is 10.5. The monoisotopic (exact) mass is 263 g/mol. The molecule has 2 aromatic rings. The molecule has 0 fully saturated rings. The maximum atomic E-state index is 5.35. The lowest BCUT2D eigenvalue weighted by atomic mass is 10.2. The van der Waals surface area contributed by atoms with Crippen LogP contribution in [0.15, 0.2) is 12.1 Å². The first kappa shape index (κ1) is 13.3. The molecule has 102 valence electrons. The van der Waals surface area contributed by atoms with Gasteiger partial charge in [-0.1, -0.05) is 0 Å². The van der Waals surface area contributed by atoms with Crippen LogP contribution in [0.1, 0.15) is 11.4 Å². The zero-order valence-electron chi connectivity index (χ0n) is 11.5. The highest BCUT2D eigenvalue weighted by molar-refractivity contribution is 5.53. The maximum absolute atomic E-state index is 5.35. The molecule has 1 heterocycles. The van der Waals surface area contributed by atoms with E-state index in [-0.39, 0.29) is 0 Å². The zero-order chi connectivity index (χ0) is 13.8. The Kier molecular flexibility index (Phi) is 3.96. The molecule has 0 aliphatic heterocycles. The molecular weight excluding hydrogens is 246 g/mol. The van der Waals surface area contributed by atoms with Crippen LogP contribution in [-0.2, 0) is 6.54 Å². The van der Waals surface area contributed by atoms with E-state index in [1.54, 1.807) is 14.2 Å². The molecule has 7 heteroatoms. The van der Waals surface area contributed by atoms with Crippen molar-refractivity contribution in [1.82, 2.24) is 25.5 Å². The second-order valence-corrected chi connectivity index (χ2v) is 4.02. The van der Waals surface area contributed by atoms with E-state index in [0.29, 0.717) is 23.8 Å². The van der Waals surface area contributed by atoms with Crippen LogP contribution in [0, 0.1) is 6.92 Å². The number of tetrazole rings is 1. The summed E-state index contributed by atoms with van der Waals surface area (Å²) in [7, 11) is 5.06. The molecular formula is C12H17N5O2. The Morgan fingerprint density at radius 1 is 1.21 bits per heavy atom. The third kappa shape index (κ3) is 2.65. The number of methoxy groups -OCH3 is 2. The fourth-order valence-corrected chi connectivity index (χ4v) is 1.76. The second-order valence-electron chi connectivity index (χ2n) is 4.02. The fraction of sp³-hybridized carbons (Fsp3) is 0.417. The molecule has 0 saturated heterocycles. The van der Waals surface area contributed by atoms with Crippen molar-refractivity contribution < 1.29 is 9.47 Å². The lowest BCUT2D eigenvalue weighted by Gasteiger charge is -2.11. The number of benzene rings is 1. The van der Waals surface area contributed by atoms with Crippen molar-refractivity contribution in [3.05, 3.63) is 23.5 Å². The lowest BCUT2D eigenvalue weighted by Crippen LogP contribution is -2.08. The summed E-state index contributed by atoms with van der Waals surface area (Å²) in [5, 5.41) is 15.2. The number of nitrogens with one attached hydrogen (secondary N) is 1. The average molecular weight is 263 g/mol. The first-order chi connectivity index (χ1) is 9.19. The molecule has 0 aliphatic rings. The standard InChI is InChI=1S/C12H17N5O2/c1-8-5-11(19-4)9(6-10(8)18-3)17-15-12(7-13-2)14-16-17/h5-6,13H,7H2,1-4H3. The van der Waals surface area contributed by atoms with E-state index < -0.39 is 0 Å². The van der Waals surface area contributed by atoms with Gasteiger partial charge in [0.15, 0.2) is 5.82 Å². The van der Waals surface area contributed by atoms with Crippen LogP contribution in [-0.4, -0.2) is 41.5 Å². The summed E-state index contributed by atoms with van der Waals surface area (Å²) < 4.78 is 10.7. The van der Waals surface area contributed by atoms with Gasteiger partial charge in [-0.05, 0) is 30.8 Å². The fourth-order valence-electron chi connectivity index (χ4n) is 1.76. The van der Waals surface area contributed by atoms with Gasteiger partial charge in [-0.15, -0.1) is 15.0 Å². The van der Waals surface area contributed by atoms with Gasteiger partial charge in [0.05, 0.1) is 20.8 Å². The van der Waals surface area contributed by atoms with Crippen LogP contribution in [0.5, 0.6) is 11.5 Å². The summed E-state index contributed by atoms with van der Waals surface area (Å²) >= 11 is 0. The summed E-state index contributed by atoms with van der Waals surface area (Å²) in [5.74, 6) is 2.04. The minimum atomic E-state index is 0.561. The number of ether oxygens (including phenoxy) is 2. The summed E-state index contributed by atoms with van der Waals surface area (Å²) in [6.45, 7) is 2.51. The van der Waals surface area contributed by atoms with Crippen molar-refractivity contribution in [2.45, 2.75) is 13.5 Å². The first-order valence-corrected chi connectivity index (χ1v) is 5.86. The molecule has 0 amide bonds. The van der Waals surface area contributed by atoms with E-state index in [1.165, 1.54) is 4.80 Å². The van der Waals surface area contributed by atoms with Crippen LogP contribution in [0.2, 0.25) is 0 Å². The summed E-state index contributed by atoms with van der Waals surface area (Å²) in [6.07, 6.45) is 0. The van der Waals surface area contributed by atoms with Crippen LogP contribution in [0.4, 0.5) is 0 Å². The molecule has 1 aromatic heterocycles. The highest BCUT2D eigenvalue weighted by Gasteiger charge is 2.13. The van der Waals surface area contributed by atoms with Gasteiger partial charge in [0.2, 0.25) is 0 Å². The smallest absolute Gasteiger partial charge is 0.188 e. The Labute approximate surface area is 111 Å². The number of aryl methyl sites for hydroxylation is 1. The SMILES string of the molecule is CNCc1nnn(-c2cc(OC)c(C)cc2OC)n1. The molecule has 19 heavy (non-hydrogen) atoms. The van der Waals surface area contributed by atoms with Gasteiger partial charge in [-0.3, -0.25) is 0 Å². The highest BCUT2D eigenvalue weighted by atomic mass is 16.5. The number of hydrogen-bond donors (Lipinski definition) is 1. The van der Waals surface area contributed by atoms with Crippen molar-refractivity contribution in [2.75, 3.05) is 21.3 Å². The van der Waals surface area contributed by atoms with Gasteiger partial charge < -0.3 is 14.8 Å². The van der Waals surface area contributed by atoms with Crippen molar-refractivity contribution >= 4 is 0 Å². The predicted molar refractivity (Wildman–Crippen MR) is 69.8 cm³/mol. The Morgan fingerprint density at radius 3 is 2.58 bits per heavy atom. The molecule has 0 unspecified atom stereocenters. The Bertz CT molecular complexity index is 567. The minimum Gasteiger partial charge on any atom is -0.496 e. The molecule has 0 radical (unpaired) electrons.